The number of aromatic nitrogens is 3. The molecule has 3 rings (SSSR count). The lowest BCUT2D eigenvalue weighted by Crippen LogP contribution is -2.28. The normalized spacial score (nSPS) is 16.6. The third kappa shape index (κ3) is 4.04. The van der Waals surface area contributed by atoms with Crippen molar-refractivity contribution < 1.29 is 13.9 Å². The predicted octanol–water partition coefficient (Wildman–Crippen LogP) is 2.82. The molecule has 25 heavy (non-hydrogen) atoms. The van der Waals surface area contributed by atoms with Gasteiger partial charge in [-0.3, -0.25) is 14.5 Å². The first kappa shape index (κ1) is 17.5. The molecule has 2 aromatic rings. The monoisotopic (exact) mass is 346 g/mol. The lowest BCUT2D eigenvalue weighted by molar-refractivity contribution is 0.0831. The van der Waals surface area contributed by atoms with Crippen LogP contribution in [0.3, 0.4) is 0 Å². The van der Waals surface area contributed by atoms with Crippen LogP contribution < -0.4 is 5.32 Å². The molecule has 1 atom stereocenters. The molecule has 1 fully saturated rings. The Kier molecular flexibility index (Phi) is 5.43. The van der Waals surface area contributed by atoms with Crippen LogP contribution in [-0.2, 0) is 11.3 Å². The number of rotatable bonds is 5. The second kappa shape index (κ2) is 7.74. The summed E-state index contributed by atoms with van der Waals surface area (Å²) < 4.78 is 20.5. The maximum absolute atomic E-state index is 13.3. The Balaban J connectivity index is 1.80. The first-order valence-electron chi connectivity index (χ1n) is 8.65. The average molecular weight is 346 g/mol. The van der Waals surface area contributed by atoms with Gasteiger partial charge in [0.25, 0.3) is 5.91 Å². The molecule has 0 saturated carbocycles. The van der Waals surface area contributed by atoms with Gasteiger partial charge in [0.2, 0.25) is 0 Å². The van der Waals surface area contributed by atoms with Crippen LogP contribution >= 0.6 is 0 Å². The number of halogens is 1. The van der Waals surface area contributed by atoms with E-state index in [1.54, 1.807) is 17.1 Å². The molecule has 7 heteroatoms. The molecule has 0 aliphatic carbocycles. The Morgan fingerprint density at radius 2 is 2.20 bits per heavy atom. The van der Waals surface area contributed by atoms with Gasteiger partial charge in [0.15, 0.2) is 0 Å². The van der Waals surface area contributed by atoms with E-state index in [1.165, 1.54) is 6.07 Å². The zero-order valence-corrected chi connectivity index (χ0v) is 14.5. The van der Waals surface area contributed by atoms with Crippen molar-refractivity contribution in [1.29, 1.82) is 0 Å². The van der Waals surface area contributed by atoms with Gasteiger partial charge in [-0.15, -0.1) is 0 Å². The summed E-state index contributed by atoms with van der Waals surface area (Å²) in [6, 6.07) is 1.04. The molecule has 134 valence electrons. The molecule has 1 amide bonds. The van der Waals surface area contributed by atoms with Gasteiger partial charge in [-0.1, -0.05) is 0 Å². The number of nitrogens with one attached hydrogen (secondary N) is 1. The Morgan fingerprint density at radius 3 is 2.88 bits per heavy atom. The molecular weight excluding hydrogens is 323 g/mol. The number of nitrogens with zero attached hydrogens (tertiary/aromatic N) is 3. The summed E-state index contributed by atoms with van der Waals surface area (Å²) in [5, 5.41) is 7.52. The van der Waals surface area contributed by atoms with Crippen molar-refractivity contribution in [3.8, 4) is 0 Å². The maximum Gasteiger partial charge on any atom is 0.255 e. The van der Waals surface area contributed by atoms with Crippen molar-refractivity contribution in [2.75, 3.05) is 13.2 Å². The van der Waals surface area contributed by atoms with Crippen molar-refractivity contribution in [1.82, 2.24) is 20.1 Å². The Hall–Kier alpha value is -2.28. The minimum absolute atomic E-state index is 0.196. The van der Waals surface area contributed by atoms with Gasteiger partial charge in [-0.25, -0.2) is 4.39 Å². The summed E-state index contributed by atoms with van der Waals surface area (Å²) in [7, 11) is 0. The van der Waals surface area contributed by atoms with Crippen LogP contribution in [0.25, 0.3) is 0 Å². The highest BCUT2D eigenvalue weighted by molar-refractivity contribution is 5.95. The van der Waals surface area contributed by atoms with E-state index in [4.69, 9.17) is 4.74 Å². The van der Waals surface area contributed by atoms with E-state index < -0.39 is 5.82 Å². The predicted molar refractivity (Wildman–Crippen MR) is 90.8 cm³/mol. The van der Waals surface area contributed by atoms with Crippen LogP contribution in [-0.4, -0.2) is 33.9 Å². The fourth-order valence-corrected chi connectivity index (χ4v) is 3.07. The molecule has 1 aliphatic rings. The van der Waals surface area contributed by atoms with Crippen molar-refractivity contribution in [2.45, 2.75) is 45.2 Å². The van der Waals surface area contributed by atoms with Gasteiger partial charge in [-0.05, 0) is 38.3 Å². The highest BCUT2D eigenvalue weighted by Crippen LogP contribution is 2.28. The second-order valence-electron chi connectivity index (χ2n) is 6.30. The number of ether oxygens (including phenoxy) is 1. The quantitative estimate of drug-likeness (QED) is 0.904. The van der Waals surface area contributed by atoms with Gasteiger partial charge in [0.05, 0.1) is 23.5 Å². The fraction of sp³-hybridized carbons (Fsp3) is 0.500. The SMILES string of the molecule is CCn1cc(C(=O)N[C@@H](C)c2cncc(F)c2)c(C2CCOCC2)n1. The van der Waals surface area contributed by atoms with E-state index in [9.17, 15) is 9.18 Å². The minimum Gasteiger partial charge on any atom is -0.381 e. The summed E-state index contributed by atoms with van der Waals surface area (Å²) in [6.07, 6.45) is 6.22. The summed E-state index contributed by atoms with van der Waals surface area (Å²) in [5.74, 6) is -0.383. The van der Waals surface area contributed by atoms with Crippen LogP contribution in [0, 0.1) is 5.82 Å². The van der Waals surface area contributed by atoms with Crippen molar-refractivity contribution in [3.05, 3.63) is 47.3 Å². The highest BCUT2D eigenvalue weighted by atomic mass is 19.1. The average Bonchev–Trinajstić information content (AvgIpc) is 3.07. The fourth-order valence-electron chi connectivity index (χ4n) is 3.07. The zero-order chi connectivity index (χ0) is 17.8. The maximum atomic E-state index is 13.3. The molecule has 1 aliphatic heterocycles. The molecule has 1 N–H and O–H groups in total. The molecule has 6 nitrogen and oxygen atoms in total. The van der Waals surface area contributed by atoms with Crippen LogP contribution in [0.2, 0.25) is 0 Å². The topological polar surface area (TPSA) is 69.0 Å². The van der Waals surface area contributed by atoms with Gasteiger partial charge in [0, 0.05) is 38.1 Å². The standard InChI is InChI=1S/C18H23FN4O2/c1-3-23-11-16(17(22-23)13-4-6-25-7-5-13)18(24)21-12(2)14-8-15(19)10-20-9-14/h8-13H,3-7H2,1-2H3,(H,21,24)/t12-/m0/s1. The van der Waals surface area contributed by atoms with Crippen LogP contribution in [0.15, 0.2) is 24.7 Å². The minimum atomic E-state index is -0.416. The van der Waals surface area contributed by atoms with Gasteiger partial charge < -0.3 is 10.1 Å². The molecular formula is C18H23FN4O2. The van der Waals surface area contributed by atoms with Gasteiger partial charge in [-0.2, -0.15) is 5.10 Å². The Bertz CT molecular complexity index is 740. The summed E-state index contributed by atoms with van der Waals surface area (Å²) >= 11 is 0. The largest absolute Gasteiger partial charge is 0.381 e. The Morgan fingerprint density at radius 1 is 1.44 bits per heavy atom. The lowest BCUT2D eigenvalue weighted by Gasteiger charge is -2.21. The zero-order valence-electron chi connectivity index (χ0n) is 14.5. The van der Waals surface area contributed by atoms with E-state index in [0.717, 1.165) is 24.7 Å². The molecule has 0 aromatic carbocycles. The first-order chi connectivity index (χ1) is 12.1. The number of carbonyl (C=O) groups is 1. The first-order valence-corrected chi connectivity index (χ1v) is 8.65. The third-order valence-electron chi connectivity index (χ3n) is 4.54. The summed E-state index contributed by atoms with van der Waals surface area (Å²) in [5.41, 5.74) is 2.04. The molecule has 0 radical (unpaired) electrons. The van der Waals surface area contributed by atoms with Crippen LogP contribution in [0.4, 0.5) is 4.39 Å². The smallest absolute Gasteiger partial charge is 0.255 e. The summed E-state index contributed by atoms with van der Waals surface area (Å²) in [6.45, 7) is 5.88. The number of pyridine rings is 1. The van der Waals surface area contributed by atoms with Crippen LogP contribution in [0.1, 0.15) is 60.3 Å². The molecule has 0 spiro atoms. The Labute approximate surface area is 146 Å². The van der Waals surface area contributed by atoms with Crippen molar-refractivity contribution >= 4 is 5.91 Å². The number of hydrogen-bond acceptors (Lipinski definition) is 4. The highest BCUT2D eigenvalue weighted by Gasteiger charge is 2.26. The van der Waals surface area contributed by atoms with Gasteiger partial charge >= 0.3 is 0 Å². The van der Waals surface area contributed by atoms with E-state index in [-0.39, 0.29) is 17.9 Å². The van der Waals surface area contributed by atoms with E-state index >= 15 is 0 Å². The van der Waals surface area contributed by atoms with Crippen LogP contribution in [0.5, 0.6) is 0 Å². The van der Waals surface area contributed by atoms with Crippen molar-refractivity contribution in [3.63, 3.8) is 0 Å². The van der Waals surface area contributed by atoms with E-state index in [0.29, 0.717) is 30.9 Å². The molecule has 0 bridgehead atoms. The van der Waals surface area contributed by atoms with Gasteiger partial charge in [0.1, 0.15) is 5.82 Å². The summed E-state index contributed by atoms with van der Waals surface area (Å²) in [4.78, 5) is 16.6. The third-order valence-corrected chi connectivity index (χ3v) is 4.54. The van der Waals surface area contributed by atoms with E-state index in [2.05, 4.69) is 15.4 Å². The van der Waals surface area contributed by atoms with E-state index in [1.807, 2.05) is 13.8 Å². The molecule has 0 unspecified atom stereocenters. The number of hydrogen-bond donors (Lipinski definition) is 1. The molecule has 1 saturated heterocycles. The number of amides is 1. The van der Waals surface area contributed by atoms with Crippen molar-refractivity contribution in [2.24, 2.45) is 0 Å². The number of carbonyl (C=O) groups excluding carboxylic acids is 1. The molecule has 2 aromatic heterocycles. The number of aryl methyl sites for hydroxylation is 1. The lowest BCUT2D eigenvalue weighted by atomic mass is 9.93. The second-order valence-corrected chi connectivity index (χ2v) is 6.30. The molecule has 3 heterocycles.